The number of amides is 2. The van der Waals surface area contributed by atoms with Crippen molar-refractivity contribution in [2.24, 2.45) is 10.9 Å². The molecule has 42 heavy (non-hydrogen) atoms. The van der Waals surface area contributed by atoms with E-state index in [1.165, 1.54) is 25.3 Å². The van der Waals surface area contributed by atoms with Crippen molar-refractivity contribution in [1.29, 1.82) is 0 Å². The molecule has 1 fully saturated rings. The molecule has 2 amide bonds. The highest BCUT2D eigenvalue weighted by molar-refractivity contribution is 6.10. The van der Waals surface area contributed by atoms with E-state index in [1.54, 1.807) is 12.1 Å². The number of benzene rings is 2. The van der Waals surface area contributed by atoms with E-state index in [4.69, 9.17) is 14.2 Å². The summed E-state index contributed by atoms with van der Waals surface area (Å²) in [4.78, 5) is 35.6. The van der Waals surface area contributed by atoms with Gasteiger partial charge >= 0.3 is 6.36 Å². The van der Waals surface area contributed by atoms with E-state index in [2.05, 4.69) is 14.7 Å². The van der Waals surface area contributed by atoms with Crippen LogP contribution >= 0.6 is 0 Å². The minimum atomic E-state index is -4.91. The third-order valence-corrected chi connectivity index (χ3v) is 6.28. The number of aromatic nitrogens is 1. The number of anilines is 1. The van der Waals surface area contributed by atoms with Gasteiger partial charge in [-0.05, 0) is 36.4 Å². The fraction of sp³-hybridized carbons (Fsp3) is 0.286. The van der Waals surface area contributed by atoms with E-state index in [1.807, 2.05) is 0 Å². The van der Waals surface area contributed by atoms with Crippen molar-refractivity contribution < 1.29 is 50.5 Å². The number of hydrogen-bond donors (Lipinski definition) is 0. The van der Waals surface area contributed by atoms with Gasteiger partial charge in [-0.2, -0.15) is 0 Å². The van der Waals surface area contributed by atoms with Crippen LogP contribution in [0, 0.1) is 17.6 Å². The van der Waals surface area contributed by atoms with Crippen LogP contribution in [0.5, 0.6) is 17.4 Å². The first kappa shape index (κ1) is 30.4. The molecule has 3 aromatic rings. The predicted molar refractivity (Wildman–Crippen MR) is 139 cm³/mol. The molecule has 4 rings (SSSR count). The fourth-order valence-corrected chi connectivity index (χ4v) is 4.38. The quantitative estimate of drug-likeness (QED) is 0.186. The molecule has 0 saturated carbocycles. The van der Waals surface area contributed by atoms with E-state index in [-0.39, 0.29) is 42.6 Å². The summed E-state index contributed by atoms with van der Waals surface area (Å²) >= 11 is 0. The van der Waals surface area contributed by atoms with Gasteiger partial charge in [0.2, 0.25) is 11.8 Å². The first-order valence-electron chi connectivity index (χ1n) is 12.4. The molecule has 222 valence electrons. The van der Waals surface area contributed by atoms with Crippen molar-refractivity contribution in [3.8, 4) is 17.4 Å². The third kappa shape index (κ3) is 7.00. The molecule has 2 aromatic carbocycles. The molecule has 0 bridgehead atoms. The number of carbonyl (C=O) groups is 2. The van der Waals surface area contributed by atoms with Crippen molar-refractivity contribution in [3.05, 3.63) is 77.5 Å². The Labute approximate surface area is 236 Å². The minimum absolute atomic E-state index is 0.0747. The number of aliphatic imine (C=N–C) groups is 1. The number of ether oxygens (including phenoxy) is 4. The molecule has 1 aliphatic rings. The van der Waals surface area contributed by atoms with Gasteiger partial charge in [0.05, 0.1) is 19.6 Å². The van der Waals surface area contributed by atoms with Crippen molar-refractivity contribution in [3.63, 3.8) is 0 Å². The number of nitrogens with zero attached hydrogens (tertiary/aromatic N) is 3. The maximum atomic E-state index is 15.2. The van der Waals surface area contributed by atoms with Gasteiger partial charge < -0.3 is 23.8 Å². The molecule has 0 spiro atoms. The SMILES string of the molecule is COCCOc1ncccc1N1C[C@@H](c2c(F)cc(OC)cc2F)C(C=NC(=O)c2ccc(OC(F)(F)F)cc2)C1=O. The number of alkyl halides is 3. The molecule has 0 aliphatic carbocycles. The molecule has 9 nitrogen and oxygen atoms in total. The average molecular weight is 594 g/mol. The van der Waals surface area contributed by atoms with Crippen LogP contribution in [0.3, 0.4) is 0 Å². The van der Waals surface area contributed by atoms with E-state index < -0.39 is 53.0 Å². The number of methoxy groups -OCH3 is 2. The highest BCUT2D eigenvalue weighted by Crippen LogP contribution is 2.41. The second-order valence-electron chi connectivity index (χ2n) is 8.91. The van der Waals surface area contributed by atoms with Gasteiger partial charge in [0.25, 0.3) is 5.91 Å². The Hall–Kier alpha value is -4.59. The zero-order chi connectivity index (χ0) is 30.4. The van der Waals surface area contributed by atoms with E-state index in [0.29, 0.717) is 0 Å². The highest BCUT2D eigenvalue weighted by atomic mass is 19.4. The first-order valence-corrected chi connectivity index (χ1v) is 12.4. The van der Waals surface area contributed by atoms with Crippen LogP contribution < -0.4 is 19.1 Å². The van der Waals surface area contributed by atoms with Gasteiger partial charge in [-0.1, -0.05) is 0 Å². The maximum absolute atomic E-state index is 15.2. The number of pyridine rings is 1. The van der Waals surface area contributed by atoms with Crippen LogP contribution in [0.25, 0.3) is 0 Å². The summed E-state index contributed by atoms with van der Waals surface area (Å²) in [6.07, 6.45) is -2.50. The van der Waals surface area contributed by atoms with Crippen LogP contribution in [-0.4, -0.2) is 63.4 Å². The monoisotopic (exact) mass is 593 g/mol. The second kappa shape index (κ2) is 12.9. The molecule has 2 atom stereocenters. The summed E-state index contributed by atoms with van der Waals surface area (Å²) in [7, 11) is 2.72. The third-order valence-electron chi connectivity index (χ3n) is 6.28. The standard InChI is InChI=1S/C28H24F5N3O6/c1-39-10-11-41-26-23(4-3-9-34-26)36-15-20(24-21(29)12-18(40-2)13-22(24)30)19(27(36)38)14-35-25(37)16-5-7-17(8-6-16)42-28(31,32)33/h3-9,12-14,19-20H,10-11,15H2,1-2H3/t19?,20-/m1/s1. The Balaban J connectivity index is 1.67. The molecule has 1 aliphatic heterocycles. The molecular formula is C28H24F5N3O6. The van der Waals surface area contributed by atoms with Gasteiger partial charge in [0.15, 0.2) is 0 Å². The van der Waals surface area contributed by atoms with Gasteiger partial charge in [0.1, 0.15) is 35.4 Å². The number of rotatable bonds is 10. The summed E-state index contributed by atoms with van der Waals surface area (Å²) < 4.78 is 87.0. The lowest BCUT2D eigenvalue weighted by molar-refractivity contribution is -0.274. The first-order chi connectivity index (χ1) is 20.0. The lowest BCUT2D eigenvalue weighted by Gasteiger charge is -2.20. The van der Waals surface area contributed by atoms with Crippen LogP contribution in [-0.2, 0) is 9.53 Å². The molecule has 2 heterocycles. The Morgan fingerprint density at radius 3 is 2.38 bits per heavy atom. The largest absolute Gasteiger partial charge is 0.573 e. The number of hydrogen-bond acceptors (Lipinski definition) is 7. The Kier molecular flexibility index (Phi) is 9.35. The van der Waals surface area contributed by atoms with Gasteiger partial charge in [-0.15, -0.1) is 13.2 Å². The molecule has 1 aromatic heterocycles. The maximum Gasteiger partial charge on any atom is 0.573 e. The summed E-state index contributed by atoms with van der Waals surface area (Å²) in [5, 5.41) is 0. The van der Waals surface area contributed by atoms with Crippen LogP contribution in [0.1, 0.15) is 21.8 Å². The summed E-state index contributed by atoms with van der Waals surface area (Å²) in [5.74, 6) is -6.50. The highest BCUT2D eigenvalue weighted by Gasteiger charge is 2.44. The van der Waals surface area contributed by atoms with Crippen LogP contribution in [0.15, 0.2) is 59.7 Å². The lowest BCUT2D eigenvalue weighted by Crippen LogP contribution is -2.28. The number of carbonyl (C=O) groups excluding carboxylic acids is 2. The molecule has 1 unspecified atom stereocenters. The smallest absolute Gasteiger partial charge is 0.497 e. The topological polar surface area (TPSA) is 99.6 Å². The van der Waals surface area contributed by atoms with Gasteiger partial charge in [-0.25, -0.2) is 18.8 Å². The zero-order valence-electron chi connectivity index (χ0n) is 22.2. The van der Waals surface area contributed by atoms with Gasteiger partial charge in [-0.3, -0.25) is 9.59 Å². The molecule has 0 radical (unpaired) electrons. The van der Waals surface area contributed by atoms with Gasteiger partial charge in [0, 0.05) is 55.2 Å². The zero-order valence-corrected chi connectivity index (χ0v) is 22.2. The van der Waals surface area contributed by atoms with Crippen molar-refractivity contribution in [2.45, 2.75) is 12.3 Å². The van der Waals surface area contributed by atoms with Crippen molar-refractivity contribution in [2.75, 3.05) is 38.9 Å². The molecular weight excluding hydrogens is 569 g/mol. The Morgan fingerprint density at radius 2 is 1.76 bits per heavy atom. The van der Waals surface area contributed by atoms with Crippen LogP contribution in [0.2, 0.25) is 0 Å². The molecule has 0 N–H and O–H groups in total. The lowest BCUT2D eigenvalue weighted by atomic mass is 9.88. The molecule has 14 heteroatoms. The van der Waals surface area contributed by atoms with E-state index in [9.17, 15) is 22.8 Å². The average Bonchev–Trinajstić information content (AvgIpc) is 3.26. The second-order valence-corrected chi connectivity index (χ2v) is 8.91. The fourth-order valence-electron chi connectivity index (χ4n) is 4.38. The minimum Gasteiger partial charge on any atom is -0.497 e. The summed E-state index contributed by atoms with van der Waals surface area (Å²) in [6.45, 7) is 0.120. The van der Waals surface area contributed by atoms with Crippen LogP contribution in [0.4, 0.5) is 27.6 Å². The predicted octanol–water partition coefficient (Wildman–Crippen LogP) is 4.95. The summed E-state index contributed by atoms with van der Waals surface area (Å²) in [5.41, 5.74) is -0.308. The Morgan fingerprint density at radius 1 is 1.07 bits per heavy atom. The van der Waals surface area contributed by atoms with E-state index in [0.717, 1.165) is 42.6 Å². The number of halogens is 5. The van der Waals surface area contributed by atoms with Crippen molar-refractivity contribution >= 4 is 23.7 Å². The molecule has 1 saturated heterocycles. The van der Waals surface area contributed by atoms with Crippen molar-refractivity contribution in [1.82, 2.24) is 4.98 Å². The Bertz CT molecular complexity index is 1440. The normalized spacial score (nSPS) is 17.1. The van der Waals surface area contributed by atoms with E-state index >= 15 is 8.78 Å². The summed E-state index contributed by atoms with van der Waals surface area (Å²) in [6, 6.07) is 9.00.